The average molecular weight is 220 g/mol. The van der Waals surface area contributed by atoms with Gasteiger partial charge in [-0.3, -0.25) is 4.98 Å². The van der Waals surface area contributed by atoms with Gasteiger partial charge < -0.3 is 4.98 Å². The van der Waals surface area contributed by atoms with E-state index in [1.165, 1.54) is 0 Å². The van der Waals surface area contributed by atoms with Crippen molar-refractivity contribution >= 4 is 0 Å². The van der Waals surface area contributed by atoms with Gasteiger partial charge in [0.15, 0.2) is 0 Å². The zero-order valence-corrected chi connectivity index (χ0v) is 9.09. The largest absolute Gasteiger partial charge is 0.345 e. The molecule has 0 spiro atoms. The number of aromatic nitrogens is 3. The predicted molar refractivity (Wildman–Crippen MR) is 66.1 cm³/mol. The van der Waals surface area contributed by atoms with Crippen LogP contribution in [0.4, 0.5) is 0 Å². The lowest BCUT2D eigenvalue weighted by molar-refractivity contribution is 1.28. The molecule has 3 rings (SSSR count). The van der Waals surface area contributed by atoms with Gasteiger partial charge in [-0.1, -0.05) is 24.3 Å². The average Bonchev–Trinajstić information content (AvgIpc) is 2.94. The first-order chi connectivity index (χ1) is 8.45. The maximum Gasteiger partial charge on any atom is 0.138 e. The summed E-state index contributed by atoms with van der Waals surface area (Å²) in [7, 11) is 0. The van der Waals surface area contributed by atoms with Crippen molar-refractivity contribution in [2.45, 2.75) is 0 Å². The van der Waals surface area contributed by atoms with Crippen LogP contribution in [0.15, 0.2) is 55.0 Å². The Morgan fingerprint density at radius 2 is 2.00 bits per heavy atom. The maximum atomic E-state index is 4.36. The fraction of sp³-hybridized carbons (Fsp3) is 0. The van der Waals surface area contributed by atoms with Gasteiger partial charge >= 0.3 is 0 Å². The quantitative estimate of drug-likeness (QED) is 0.721. The molecule has 0 aliphatic rings. The molecule has 2 heterocycles. The molecule has 3 aromatic rings. The number of pyridine rings is 1. The third-order valence-corrected chi connectivity index (χ3v) is 2.53. The predicted octanol–water partition coefficient (Wildman–Crippen LogP) is 2.94. The first kappa shape index (κ1) is 9.78. The number of nitrogens with one attached hydrogen (secondary N) is 1. The van der Waals surface area contributed by atoms with Crippen LogP contribution >= 0.6 is 0 Å². The van der Waals surface area contributed by atoms with Crippen LogP contribution in [0.5, 0.6) is 0 Å². The number of rotatable bonds is 2. The first-order valence-electron chi connectivity index (χ1n) is 5.37. The van der Waals surface area contributed by atoms with E-state index in [9.17, 15) is 0 Å². The van der Waals surface area contributed by atoms with Gasteiger partial charge in [-0.2, -0.15) is 0 Å². The highest BCUT2D eigenvalue weighted by molar-refractivity contribution is 5.77. The zero-order chi connectivity index (χ0) is 11.5. The van der Waals surface area contributed by atoms with Gasteiger partial charge in [0, 0.05) is 29.7 Å². The molecule has 1 radical (unpaired) electrons. The van der Waals surface area contributed by atoms with Gasteiger partial charge in [-0.25, -0.2) is 4.98 Å². The zero-order valence-electron chi connectivity index (χ0n) is 9.09. The molecule has 0 unspecified atom stereocenters. The molecule has 0 aliphatic heterocycles. The smallest absolute Gasteiger partial charge is 0.138 e. The molecule has 0 saturated carbocycles. The Bertz CT molecular complexity index is 600. The van der Waals surface area contributed by atoms with Crippen molar-refractivity contribution in [3.8, 4) is 22.6 Å². The fourth-order valence-corrected chi connectivity index (χ4v) is 1.77. The van der Waals surface area contributed by atoms with E-state index < -0.39 is 0 Å². The first-order valence-corrected chi connectivity index (χ1v) is 5.37. The van der Waals surface area contributed by atoms with Crippen LogP contribution in [0.1, 0.15) is 0 Å². The van der Waals surface area contributed by atoms with E-state index in [1.807, 2.05) is 36.4 Å². The normalized spacial score (nSPS) is 10.4. The molecule has 1 aromatic carbocycles. The number of benzene rings is 1. The number of imidazole rings is 1. The lowest BCUT2D eigenvalue weighted by Gasteiger charge is -2.05. The summed E-state index contributed by atoms with van der Waals surface area (Å²) in [6, 6.07) is 14.9. The Hall–Kier alpha value is -2.42. The molecule has 0 bridgehead atoms. The second-order valence-corrected chi connectivity index (χ2v) is 3.61. The summed E-state index contributed by atoms with van der Waals surface area (Å²) in [5, 5.41) is 0. The van der Waals surface area contributed by atoms with Gasteiger partial charge in [-0.15, -0.1) is 0 Å². The third kappa shape index (κ3) is 1.83. The maximum absolute atomic E-state index is 4.36. The van der Waals surface area contributed by atoms with E-state index in [2.05, 4.69) is 21.0 Å². The topological polar surface area (TPSA) is 41.6 Å². The van der Waals surface area contributed by atoms with Crippen LogP contribution in [0.3, 0.4) is 0 Å². The monoisotopic (exact) mass is 220 g/mol. The number of hydrogen-bond acceptors (Lipinski definition) is 2. The van der Waals surface area contributed by atoms with Crippen LogP contribution < -0.4 is 0 Å². The van der Waals surface area contributed by atoms with Crippen molar-refractivity contribution in [2.75, 3.05) is 0 Å². The van der Waals surface area contributed by atoms with Crippen LogP contribution in [0.25, 0.3) is 22.6 Å². The van der Waals surface area contributed by atoms with E-state index >= 15 is 0 Å². The van der Waals surface area contributed by atoms with Crippen molar-refractivity contribution in [1.82, 2.24) is 15.0 Å². The number of nitrogens with zero attached hydrogens (tertiary/aromatic N) is 2. The van der Waals surface area contributed by atoms with Crippen molar-refractivity contribution in [3.05, 3.63) is 61.1 Å². The summed E-state index contributed by atoms with van der Waals surface area (Å²) in [4.78, 5) is 11.7. The lowest BCUT2D eigenvalue weighted by Crippen LogP contribution is -1.88. The van der Waals surface area contributed by atoms with Gasteiger partial charge in [0.05, 0.1) is 5.69 Å². The second kappa shape index (κ2) is 4.22. The standard InChI is InChI=1S/C14H10N3/c1-2-6-12(14-16-9-10-17-14)11(5-1)13-7-3-4-8-15-13/h1-5,7-10H,(H,16,17). The van der Waals surface area contributed by atoms with E-state index in [0.717, 1.165) is 22.6 Å². The molecular formula is C14H10N3. The number of H-pyrrole nitrogens is 1. The number of hydrogen-bond donors (Lipinski definition) is 1. The van der Waals surface area contributed by atoms with Crippen LogP contribution in [0, 0.1) is 6.07 Å². The SMILES string of the molecule is [c]1cccc(-c2ccccn2)c1-c1ncc[nH]1. The Morgan fingerprint density at radius 1 is 1.00 bits per heavy atom. The van der Waals surface area contributed by atoms with E-state index in [1.54, 1.807) is 18.6 Å². The minimum absolute atomic E-state index is 0.811. The molecule has 3 nitrogen and oxygen atoms in total. The Labute approximate surface area is 99.2 Å². The molecule has 0 aliphatic carbocycles. The highest BCUT2D eigenvalue weighted by atomic mass is 14.9. The van der Waals surface area contributed by atoms with E-state index in [4.69, 9.17) is 0 Å². The van der Waals surface area contributed by atoms with Crippen LogP contribution in [0.2, 0.25) is 0 Å². The summed E-state index contributed by atoms with van der Waals surface area (Å²) in [6.45, 7) is 0. The molecule has 1 N–H and O–H groups in total. The second-order valence-electron chi connectivity index (χ2n) is 3.61. The fourth-order valence-electron chi connectivity index (χ4n) is 1.77. The molecule has 0 amide bonds. The van der Waals surface area contributed by atoms with Crippen molar-refractivity contribution < 1.29 is 0 Å². The van der Waals surface area contributed by atoms with Crippen LogP contribution in [-0.4, -0.2) is 15.0 Å². The van der Waals surface area contributed by atoms with Crippen LogP contribution in [-0.2, 0) is 0 Å². The molecule has 0 atom stereocenters. The minimum Gasteiger partial charge on any atom is -0.345 e. The minimum atomic E-state index is 0.811. The molecule has 81 valence electrons. The summed E-state index contributed by atoms with van der Waals surface area (Å²) < 4.78 is 0. The summed E-state index contributed by atoms with van der Waals surface area (Å²) >= 11 is 0. The Kier molecular flexibility index (Phi) is 2.43. The van der Waals surface area contributed by atoms with Gasteiger partial charge in [0.1, 0.15) is 5.82 Å². The lowest BCUT2D eigenvalue weighted by atomic mass is 10.0. The molecule has 0 fully saturated rings. The molecule has 3 heteroatoms. The number of aromatic amines is 1. The van der Waals surface area contributed by atoms with Gasteiger partial charge in [0.25, 0.3) is 0 Å². The Balaban J connectivity index is 2.18. The van der Waals surface area contributed by atoms with Gasteiger partial charge in [0.2, 0.25) is 0 Å². The van der Waals surface area contributed by atoms with Gasteiger partial charge in [-0.05, 0) is 18.2 Å². The van der Waals surface area contributed by atoms with Crippen molar-refractivity contribution in [2.24, 2.45) is 0 Å². The van der Waals surface area contributed by atoms with E-state index in [0.29, 0.717) is 0 Å². The highest BCUT2D eigenvalue weighted by Crippen LogP contribution is 2.27. The Morgan fingerprint density at radius 3 is 2.76 bits per heavy atom. The summed E-state index contributed by atoms with van der Waals surface area (Å²) in [6.07, 6.45) is 5.32. The molecular weight excluding hydrogens is 210 g/mol. The third-order valence-electron chi connectivity index (χ3n) is 2.53. The molecule has 17 heavy (non-hydrogen) atoms. The summed E-state index contributed by atoms with van der Waals surface area (Å²) in [5.41, 5.74) is 2.90. The van der Waals surface area contributed by atoms with Crippen molar-refractivity contribution in [1.29, 1.82) is 0 Å². The van der Waals surface area contributed by atoms with Crippen molar-refractivity contribution in [3.63, 3.8) is 0 Å². The summed E-state index contributed by atoms with van der Waals surface area (Å²) in [5.74, 6) is 0.811. The van der Waals surface area contributed by atoms with E-state index in [-0.39, 0.29) is 0 Å². The highest BCUT2D eigenvalue weighted by Gasteiger charge is 2.08. The molecule has 0 saturated heterocycles. The molecule has 2 aromatic heterocycles.